The number of phenolic OH excluding ortho intramolecular Hbond substituents is 4. The Morgan fingerprint density at radius 2 is 1.60 bits per heavy atom. The molecular formula is C20H18O10. The van der Waals surface area contributed by atoms with Crippen LogP contribution in [-0.2, 0) is 4.74 Å². The third-order valence-electron chi connectivity index (χ3n) is 5.06. The second-order valence-electron chi connectivity index (χ2n) is 7.01. The van der Waals surface area contributed by atoms with Crippen molar-refractivity contribution < 1.29 is 44.9 Å². The van der Waals surface area contributed by atoms with E-state index in [2.05, 4.69) is 0 Å². The van der Waals surface area contributed by atoms with Gasteiger partial charge in [-0.25, -0.2) is 0 Å². The molecule has 1 aromatic heterocycles. The van der Waals surface area contributed by atoms with E-state index in [1.807, 2.05) is 0 Å². The van der Waals surface area contributed by atoms with Gasteiger partial charge in [-0.2, -0.15) is 0 Å². The first kappa shape index (κ1) is 20.0. The van der Waals surface area contributed by atoms with Gasteiger partial charge in [0.1, 0.15) is 52.6 Å². The van der Waals surface area contributed by atoms with Crippen LogP contribution in [0.25, 0.3) is 22.3 Å². The molecule has 1 aliphatic rings. The predicted octanol–water partition coefficient (Wildman–Crippen LogP) is 0.436. The molecule has 1 unspecified atom stereocenters. The third-order valence-corrected chi connectivity index (χ3v) is 5.06. The molecule has 1 aliphatic heterocycles. The highest BCUT2D eigenvalue weighted by Crippen LogP contribution is 2.43. The highest BCUT2D eigenvalue weighted by molar-refractivity contribution is 5.88. The molecular weight excluding hydrogens is 400 g/mol. The fourth-order valence-electron chi connectivity index (χ4n) is 3.46. The maximum Gasteiger partial charge on any atom is 0.197 e. The molecule has 0 aliphatic carbocycles. The van der Waals surface area contributed by atoms with Crippen molar-refractivity contribution >= 4 is 11.0 Å². The highest BCUT2D eigenvalue weighted by atomic mass is 16.5. The summed E-state index contributed by atoms with van der Waals surface area (Å²) in [7, 11) is 0. The van der Waals surface area contributed by atoms with Gasteiger partial charge in [0.2, 0.25) is 0 Å². The number of rotatable bonds is 2. The summed E-state index contributed by atoms with van der Waals surface area (Å²) in [5.41, 5.74) is -0.947. The number of aromatic hydroxyl groups is 4. The molecule has 0 spiro atoms. The van der Waals surface area contributed by atoms with E-state index in [0.29, 0.717) is 0 Å². The van der Waals surface area contributed by atoms with Crippen LogP contribution in [0.3, 0.4) is 0 Å². The van der Waals surface area contributed by atoms with Crippen molar-refractivity contribution in [3.63, 3.8) is 0 Å². The Bertz CT molecular complexity index is 1180. The van der Waals surface area contributed by atoms with Crippen LogP contribution in [0.5, 0.6) is 23.0 Å². The minimum Gasteiger partial charge on any atom is -0.507 e. The molecule has 0 bridgehead atoms. The van der Waals surface area contributed by atoms with Crippen LogP contribution in [0.2, 0.25) is 0 Å². The largest absolute Gasteiger partial charge is 0.507 e. The lowest BCUT2D eigenvalue weighted by Crippen LogP contribution is -2.49. The molecule has 158 valence electrons. The first-order chi connectivity index (χ1) is 14.2. The summed E-state index contributed by atoms with van der Waals surface area (Å²) >= 11 is 0. The summed E-state index contributed by atoms with van der Waals surface area (Å²) in [6.45, 7) is -0.363. The Labute approximate surface area is 168 Å². The lowest BCUT2D eigenvalue weighted by molar-refractivity contribution is -0.189. The van der Waals surface area contributed by atoms with Gasteiger partial charge in [0.25, 0.3) is 0 Å². The highest BCUT2D eigenvalue weighted by Gasteiger charge is 2.41. The van der Waals surface area contributed by atoms with E-state index >= 15 is 0 Å². The summed E-state index contributed by atoms with van der Waals surface area (Å²) in [6.07, 6.45) is -6.01. The van der Waals surface area contributed by atoms with E-state index < -0.39 is 47.1 Å². The van der Waals surface area contributed by atoms with E-state index in [1.54, 1.807) is 0 Å². The second kappa shape index (κ2) is 7.18. The molecule has 0 saturated carbocycles. The van der Waals surface area contributed by atoms with E-state index in [-0.39, 0.29) is 40.2 Å². The van der Waals surface area contributed by atoms with Crippen molar-refractivity contribution in [1.29, 1.82) is 0 Å². The molecule has 3 aromatic rings. The van der Waals surface area contributed by atoms with E-state index in [9.17, 15) is 40.5 Å². The van der Waals surface area contributed by atoms with Crippen molar-refractivity contribution in [1.82, 2.24) is 0 Å². The zero-order chi connectivity index (χ0) is 21.7. The van der Waals surface area contributed by atoms with Gasteiger partial charge in [-0.1, -0.05) is 0 Å². The molecule has 1 fully saturated rings. The van der Waals surface area contributed by atoms with Gasteiger partial charge in [0.15, 0.2) is 16.9 Å². The molecule has 10 heteroatoms. The Morgan fingerprint density at radius 3 is 2.30 bits per heavy atom. The summed E-state index contributed by atoms with van der Waals surface area (Å²) in [4.78, 5) is 12.7. The molecule has 30 heavy (non-hydrogen) atoms. The molecule has 0 amide bonds. The number of benzene rings is 2. The smallest absolute Gasteiger partial charge is 0.197 e. The third kappa shape index (κ3) is 3.12. The van der Waals surface area contributed by atoms with E-state index in [1.165, 1.54) is 18.2 Å². The first-order valence-electron chi connectivity index (χ1n) is 8.90. The van der Waals surface area contributed by atoms with Gasteiger partial charge >= 0.3 is 0 Å². The van der Waals surface area contributed by atoms with Crippen LogP contribution < -0.4 is 5.43 Å². The molecule has 1 saturated heterocycles. The number of hydrogen-bond donors (Lipinski definition) is 7. The average molecular weight is 418 g/mol. The SMILES string of the molecule is O=c1cc(-c2ccc(O)c(O)c2)oc2cc(O)c(C3OC[C@@H](O)[C@H](O)[C@H]3O)c(O)c12. The van der Waals surface area contributed by atoms with Gasteiger partial charge in [0.05, 0.1) is 12.2 Å². The van der Waals surface area contributed by atoms with Crippen LogP contribution in [0.1, 0.15) is 11.7 Å². The van der Waals surface area contributed by atoms with Crippen LogP contribution in [-0.4, -0.2) is 60.7 Å². The summed E-state index contributed by atoms with van der Waals surface area (Å²) < 4.78 is 10.8. The minimum atomic E-state index is -1.67. The van der Waals surface area contributed by atoms with Crippen molar-refractivity contribution in [3.05, 3.63) is 46.1 Å². The Morgan fingerprint density at radius 1 is 0.867 bits per heavy atom. The number of aliphatic hydroxyl groups is 3. The summed E-state index contributed by atoms with van der Waals surface area (Å²) in [5, 5.41) is 69.5. The Balaban J connectivity index is 1.86. The predicted molar refractivity (Wildman–Crippen MR) is 101 cm³/mol. The van der Waals surface area contributed by atoms with Gasteiger partial charge in [-0.3, -0.25) is 4.79 Å². The number of phenols is 4. The lowest BCUT2D eigenvalue weighted by atomic mass is 9.92. The molecule has 10 nitrogen and oxygen atoms in total. The fourth-order valence-corrected chi connectivity index (χ4v) is 3.46. The number of fused-ring (bicyclic) bond motifs is 1. The molecule has 4 rings (SSSR count). The topological polar surface area (TPSA) is 181 Å². The van der Waals surface area contributed by atoms with Crippen molar-refractivity contribution in [2.75, 3.05) is 6.61 Å². The van der Waals surface area contributed by atoms with Crippen LogP contribution in [0.15, 0.2) is 39.5 Å². The first-order valence-corrected chi connectivity index (χ1v) is 8.90. The van der Waals surface area contributed by atoms with Crippen LogP contribution in [0.4, 0.5) is 0 Å². The normalized spacial score (nSPS) is 24.2. The standard InChI is InChI=1S/C20H18O10/c21-8-2-1-7(3-9(8)22)13-4-10(23)15-14(30-13)5-11(24)16(18(15)27)20-19(28)17(26)12(25)6-29-20/h1-5,12,17,19-22,24-28H,6H2/t12-,17+,19-,20?/m1/s1. The number of ether oxygens (including phenoxy) is 1. The molecule has 7 N–H and O–H groups in total. The quantitative estimate of drug-likeness (QED) is 0.288. The van der Waals surface area contributed by atoms with Crippen molar-refractivity contribution in [2.45, 2.75) is 24.4 Å². The van der Waals surface area contributed by atoms with Crippen molar-refractivity contribution in [3.8, 4) is 34.3 Å². The minimum absolute atomic E-state index is 0.00171. The van der Waals surface area contributed by atoms with E-state index in [4.69, 9.17) is 9.15 Å². The Hall–Kier alpha value is -3.31. The Kier molecular flexibility index (Phi) is 4.79. The molecule has 4 atom stereocenters. The monoisotopic (exact) mass is 418 g/mol. The van der Waals surface area contributed by atoms with E-state index in [0.717, 1.165) is 12.1 Å². The average Bonchev–Trinajstić information content (AvgIpc) is 2.69. The van der Waals surface area contributed by atoms with Gasteiger partial charge in [0, 0.05) is 17.7 Å². The second-order valence-corrected chi connectivity index (χ2v) is 7.01. The lowest BCUT2D eigenvalue weighted by Gasteiger charge is -2.35. The number of aliphatic hydroxyl groups excluding tert-OH is 3. The van der Waals surface area contributed by atoms with Crippen LogP contribution >= 0.6 is 0 Å². The number of hydrogen-bond acceptors (Lipinski definition) is 10. The van der Waals surface area contributed by atoms with Crippen molar-refractivity contribution in [2.24, 2.45) is 0 Å². The maximum atomic E-state index is 12.7. The zero-order valence-corrected chi connectivity index (χ0v) is 15.3. The zero-order valence-electron chi connectivity index (χ0n) is 15.3. The summed E-state index contributed by atoms with van der Waals surface area (Å²) in [5.74, 6) is -2.06. The fraction of sp³-hybridized carbons (Fsp3) is 0.250. The van der Waals surface area contributed by atoms with Gasteiger partial charge in [-0.15, -0.1) is 0 Å². The van der Waals surface area contributed by atoms with Gasteiger partial charge in [-0.05, 0) is 18.2 Å². The van der Waals surface area contributed by atoms with Gasteiger partial charge < -0.3 is 44.9 Å². The molecule has 2 aromatic carbocycles. The molecule has 2 heterocycles. The summed E-state index contributed by atoms with van der Waals surface area (Å²) in [6, 6.07) is 5.86. The molecule has 0 radical (unpaired) electrons. The maximum absolute atomic E-state index is 12.7. The van der Waals surface area contributed by atoms with Crippen LogP contribution in [0, 0.1) is 0 Å².